The minimum atomic E-state index is -0.180. The van der Waals surface area contributed by atoms with Crippen LogP contribution in [-0.4, -0.2) is 12.6 Å². The molecule has 1 aromatic rings. The summed E-state index contributed by atoms with van der Waals surface area (Å²) in [6, 6.07) is 3.88. The maximum atomic E-state index is 13.7. The second-order valence-electron chi connectivity index (χ2n) is 5.12. The first-order valence-electron chi connectivity index (χ1n) is 6.47. The van der Waals surface area contributed by atoms with Gasteiger partial charge in [0.2, 0.25) is 0 Å². The van der Waals surface area contributed by atoms with Gasteiger partial charge in [-0.1, -0.05) is 6.08 Å². The molecule has 0 aromatic heterocycles. The van der Waals surface area contributed by atoms with Gasteiger partial charge in [0.15, 0.2) is 0 Å². The monoisotopic (exact) mass is 248 g/mol. The Bertz CT molecular complexity index is 450. The highest BCUT2D eigenvalue weighted by Crippen LogP contribution is 2.36. The Morgan fingerprint density at radius 2 is 2.22 bits per heavy atom. The molecule has 0 saturated heterocycles. The van der Waals surface area contributed by atoms with Crippen molar-refractivity contribution >= 4 is 5.69 Å². The molecule has 0 aliphatic heterocycles. The lowest BCUT2D eigenvalue weighted by Gasteiger charge is -2.27. The van der Waals surface area contributed by atoms with E-state index in [0.29, 0.717) is 11.6 Å². The molecule has 0 heterocycles. The molecule has 1 atom stereocenters. The molecule has 0 radical (unpaired) electrons. The highest BCUT2D eigenvalue weighted by atomic mass is 19.1. The van der Waals surface area contributed by atoms with E-state index in [4.69, 9.17) is 5.73 Å². The van der Waals surface area contributed by atoms with Gasteiger partial charge in [0, 0.05) is 24.3 Å². The van der Waals surface area contributed by atoms with E-state index in [9.17, 15) is 4.39 Å². The third-order valence-corrected chi connectivity index (χ3v) is 3.42. The van der Waals surface area contributed by atoms with Crippen LogP contribution in [-0.2, 0) is 0 Å². The van der Waals surface area contributed by atoms with Crippen LogP contribution in [0.15, 0.2) is 24.8 Å². The van der Waals surface area contributed by atoms with E-state index in [0.717, 1.165) is 17.8 Å². The molecule has 18 heavy (non-hydrogen) atoms. The highest BCUT2D eigenvalue weighted by Gasteiger charge is 2.30. The Labute approximate surface area is 108 Å². The molecule has 0 spiro atoms. The minimum absolute atomic E-state index is 0.166. The van der Waals surface area contributed by atoms with Gasteiger partial charge in [-0.25, -0.2) is 4.39 Å². The van der Waals surface area contributed by atoms with Crippen molar-refractivity contribution in [3.8, 4) is 0 Å². The van der Waals surface area contributed by atoms with E-state index < -0.39 is 0 Å². The maximum Gasteiger partial charge on any atom is 0.126 e. The summed E-state index contributed by atoms with van der Waals surface area (Å²) in [5, 5.41) is 0. The Morgan fingerprint density at radius 1 is 1.56 bits per heavy atom. The fourth-order valence-electron chi connectivity index (χ4n) is 2.26. The number of rotatable bonds is 5. The lowest BCUT2D eigenvalue weighted by Crippen LogP contribution is -2.28. The van der Waals surface area contributed by atoms with Crippen LogP contribution >= 0.6 is 0 Å². The Balaban J connectivity index is 2.45. The summed E-state index contributed by atoms with van der Waals surface area (Å²) in [6.07, 6.45) is 4.29. The quantitative estimate of drug-likeness (QED) is 0.810. The average Bonchev–Trinajstić information content (AvgIpc) is 3.13. The number of anilines is 1. The van der Waals surface area contributed by atoms with Gasteiger partial charge in [-0.15, -0.1) is 6.58 Å². The smallest absolute Gasteiger partial charge is 0.126 e. The van der Waals surface area contributed by atoms with Crippen molar-refractivity contribution in [3.63, 3.8) is 0 Å². The molecule has 0 unspecified atom stereocenters. The summed E-state index contributed by atoms with van der Waals surface area (Å²) < 4.78 is 13.7. The van der Waals surface area contributed by atoms with Gasteiger partial charge in [-0.3, -0.25) is 0 Å². The van der Waals surface area contributed by atoms with E-state index >= 15 is 0 Å². The largest absolute Gasteiger partial charge is 0.365 e. The number of hydrogen-bond acceptors (Lipinski definition) is 2. The summed E-state index contributed by atoms with van der Waals surface area (Å²) in [5.74, 6) is -0.180. The molecule has 1 aromatic carbocycles. The van der Waals surface area contributed by atoms with Crippen LogP contribution in [0, 0.1) is 12.7 Å². The van der Waals surface area contributed by atoms with Gasteiger partial charge in [0.25, 0.3) is 0 Å². The Kier molecular flexibility index (Phi) is 3.71. The zero-order chi connectivity index (χ0) is 13.3. The summed E-state index contributed by atoms with van der Waals surface area (Å²) in [4.78, 5) is 2.29. The van der Waals surface area contributed by atoms with Gasteiger partial charge >= 0.3 is 0 Å². The second kappa shape index (κ2) is 5.11. The molecule has 0 amide bonds. The molecule has 98 valence electrons. The molecular weight excluding hydrogens is 227 g/mol. The second-order valence-corrected chi connectivity index (χ2v) is 5.12. The van der Waals surface area contributed by atoms with Crippen LogP contribution in [0.1, 0.15) is 36.9 Å². The number of nitrogens with two attached hydrogens (primary N) is 1. The lowest BCUT2D eigenvalue weighted by molar-refractivity contribution is 0.612. The van der Waals surface area contributed by atoms with E-state index in [-0.39, 0.29) is 11.9 Å². The first kappa shape index (κ1) is 13.1. The third-order valence-electron chi connectivity index (χ3n) is 3.42. The standard InChI is InChI=1S/C15H21FN2/c1-4-7-18(12-5-6-12)15-8-10(2)14(16)9-13(15)11(3)17/h4,8-9,11-12H,1,5-7,17H2,2-3H3/t11-/m1/s1. The zero-order valence-corrected chi connectivity index (χ0v) is 11.1. The van der Waals surface area contributed by atoms with Crippen LogP contribution in [0.5, 0.6) is 0 Å². The number of benzene rings is 1. The summed E-state index contributed by atoms with van der Waals surface area (Å²) in [7, 11) is 0. The van der Waals surface area contributed by atoms with Crippen molar-refractivity contribution in [2.75, 3.05) is 11.4 Å². The van der Waals surface area contributed by atoms with Crippen LogP contribution in [0.3, 0.4) is 0 Å². The fourth-order valence-corrected chi connectivity index (χ4v) is 2.26. The molecule has 1 aliphatic rings. The van der Waals surface area contributed by atoms with E-state index in [1.807, 2.05) is 19.1 Å². The topological polar surface area (TPSA) is 29.3 Å². The molecule has 2 nitrogen and oxygen atoms in total. The highest BCUT2D eigenvalue weighted by molar-refractivity contribution is 5.59. The van der Waals surface area contributed by atoms with E-state index in [2.05, 4.69) is 11.5 Å². The van der Waals surface area contributed by atoms with Crippen LogP contribution in [0.2, 0.25) is 0 Å². The molecule has 3 heteroatoms. The molecule has 2 rings (SSSR count). The van der Waals surface area contributed by atoms with E-state index in [1.165, 1.54) is 12.8 Å². The predicted octanol–water partition coefficient (Wildman–Crippen LogP) is 3.31. The first-order chi connectivity index (χ1) is 8.54. The van der Waals surface area contributed by atoms with Crippen molar-refractivity contribution in [1.82, 2.24) is 0 Å². The van der Waals surface area contributed by atoms with Crippen molar-refractivity contribution < 1.29 is 4.39 Å². The third kappa shape index (κ3) is 2.56. The Morgan fingerprint density at radius 3 is 2.72 bits per heavy atom. The molecular formula is C15H21FN2. The number of hydrogen-bond donors (Lipinski definition) is 1. The van der Waals surface area contributed by atoms with Crippen molar-refractivity contribution in [1.29, 1.82) is 0 Å². The van der Waals surface area contributed by atoms with Gasteiger partial charge < -0.3 is 10.6 Å². The average molecular weight is 248 g/mol. The normalized spacial score (nSPS) is 16.4. The molecule has 0 bridgehead atoms. The van der Waals surface area contributed by atoms with Gasteiger partial charge in [0.05, 0.1) is 0 Å². The lowest BCUT2D eigenvalue weighted by atomic mass is 10.0. The molecule has 1 aliphatic carbocycles. The van der Waals surface area contributed by atoms with Crippen LogP contribution in [0.4, 0.5) is 10.1 Å². The van der Waals surface area contributed by atoms with Gasteiger partial charge in [0.1, 0.15) is 5.82 Å². The molecule has 2 N–H and O–H groups in total. The number of halogens is 1. The Hall–Kier alpha value is -1.35. The predicted molar refractivity (Wildman–Crippen MR) is 74.3 cm³/mol. The van der Waals surface area contributed by atoms with E-state index in [1.54, 1.807) is 13.0 Å². The number of nitrogens with zero attached hydrogens (tertiary/aromatic N) is 1. The summed E-state index contributed by atoms with van der Waals surface area (Å²) in [6.45, 7) is 8.28. The van der Waals surface area contributed by atoms with Crippen molar-refractivity contribution in [2.24, 2.45) is 5.73 Å². The molecule has 1 fully saturated rings. The SMILES string of the molecule is C=CCN(c1cc(C)c(F)cc1[C@@H](C)N)C1CC1. The first-order valence-corrected chi connectivity index (χ1v) is 6.47. The van der Waals surface area contributed by atoms with Crippen molar-refractivity contribution in [3.05, 3.63) is 41.7 Å². The number of aryl methyl sites for hydroxylation is 1. The van der Waals surface area contributed by atoms with Crippen LogP contribution in [0.25, 0.3) is 0 Å². The fraction of sp³-hybridized carbons (Fsp3) is 0.467. The summed E-state index contributed by atoms with van der Waals surface area (Å²) in [5.41, 5.74) is 8.58. The minimum Gasteiger partial charge on any atom is -0.365 e. The maximum absolute atomic E-state index is 13.7. The zero-order valence-electron chi connectivity index (χ0n) is 11.1. The van der Waals surface area contributed by atoms with Crippen LogP contribution < -0.4 is 10.6 Å². The van der Waals surface area contributed by atoms with Crippen molar-refractivity contribution in [2.45, 2.75) is 38.8 Å². The molecule has 1 saturated carbocycles. The van der Waals surface area contributed by atoms with Gasteiger partial charge in [-0.2, -0.15) is 0 Å². The van der Waals surface area contributed by atoms with Gasteiger partial charge in [-0.05, 0) is 49.9 Å². The summed E-state index contributed by atoms with van der Waals surface area (Å²) >= 11 is 0.